The van der Waals surface area contributed by atoms with Gasteiger partial charge in [-0.3, -0.25) is 9.89 Å². The number of likely N-dealkylation sites (N-methyl/N-ethyl adjacent to an activating group) is 2. The van der Waals surface area contributed by atoms with Gasteiger partial charge in [-0.15, -0.1) is 0 Å². The molecule has 0 spiro atoms. The summed E-state index contributed by atoms with van der Waals surface area (Å²) in [5.74, 6) is 1.13. The Morgan fingerprint density at radius 3 is 2.90 bits per heavy atom. The number of carbonyl (C=O) groups excluding carboxylic acids is 1. The summed E-state index contributed by atoms with van der Waals surface area (Å²) in [4.78, 5) is 17.7. The first-order valence-electron chi connectivity index (χ1n) is 10.1. The second kappa shape index (κ2) is 8.10. The molecule has 30 heavy (non-hydrogen) atoms. The van der Waals surface area contributed by atoms with E-state index in [4.69, 9.17) is 0 Å². The SMILES string of the molecule is C=CC(=O)N(C)CCN(C)c1n[nH]c2c1CCN(c1cc(O)cc3ccccc13)C2. The first kappa shape index (κ1) is 19.8. The predicted molar refractivity (Wildman–Crippen MR) is 120 cm³/mol. The lowest BCUT2D eigenvalue weighted by atomic mass is 10.0. The van der Waals surface area contributed by atoms with Gasteiger partial charge in [0.15, 0.2) is 5.82 Å². The maximum absolute atomic E-state index is 11.7. The number of carbonyl (C=O) groups is 1. The maximum atomic E-state index is 11.7. The molecule has 0 saturated heterocycles. The largest absolute Gasteiger partial charge is 0.508 e. The summed E-state index contributed by atoms with van der Waals surface area (Å²) in [7, 11) is 3.77. The summed E-state index contributed by atoms with van der Waals surface area (Å²) in [6.45, 7) is 6.37. The fraction of sp³-hybridized carbons (Fsp3) is 0.304. The molecule has 2 N–H and O–H groups in total. The fourth-order valence-corrected chi connectivity index (χ4v) is 4.03. The van der Waals surface area contributed by atoms with Crippen LogP contribution in [0.4, 0.5) is 11.5 Å². The number of fused-ring (bicyclic) bond motifs is 2. The molecule has 7 nitrogen and oxygen atoms in total. The van der Waals surface area contributed by atoms with Crippen LogP contribution in [-0.4, -0.2) is 59.8 Å². The number of aromatic amines is 1. The number of phenolic OH excluding ortho intramolecular Hbond substituents is 1. The van der Waals surface area contributed by atoms with E-state index >= 15 is 0 Å². The van der Waals surface area contributed by atoms with E-state index in [9.17, 15) is 9.90 Å². The van der Waals surface area contributed by atoms with Crippen molar-refractivity contribution in [2.75, 3.05) is 43.5 Å². The van der Waals surface area contributed by atoms with E-state index in [1.54, 1.807) is 18.0 Å². The van der Waals surface area contributed by atoms with Crippen molar-refractivity contribution in [3.05, 3.63) is 60.3 Å². The van der Waals surface area contributed by atoms with Crippen molar-refractivity contribution in [1.82, 2.24) is 15.1 Å². The van der Waals surface area contributed by atoms with E-state index < -0.39 is 0 Å². The fourth-order valence-electron chi connectivity index (χ4n) is 4.03. The van der Waals surface area contributed by atoms with Crippen LogP contribution in [0.2, 0.25) is 0 Å². The molecule has 156 valence electrons. The molecule has 1 aliphatic heterocycles. The van der Waals surface area contributed by atoms with Crippen LogP contribution in [-0.2, 0) is 17.8 Å². The average molecular weight is 406 g/mol. The Hall–Kier alpha value is -3.48. The zero-order chi connectivity index (χ0) is 21.3. The Morgan fingerprint density at radius 2 is 2.10 bits per heavy atom. The number of hydrogen-bond acceptors (Lipinski definition) is 5. The Morgan fingerprint density at radius 1 is 1.30 bits per heavy atom. The van der Waals surface area contributed by atoms with E-state index in [2.05, 4.69) is 32.6 Å². The van der Waals surface area contributed by atoms with E-state index in [0.29, 0.717) is 19.6 Å². The van der Waals surface area contributed by atoms with E-state index in [0.717, 1.165) is 40.9 Å². The minimum atomic E-state index is -0.0820. The van der Waals surface area contributed by atoms with Gasteiger partial charge in [-0.05, 0) is 23.9 Å². The smallest absolute Gasteiger partial charge is 0.245 e. The van der Waals surface area contributed by atoms with Crippen molar-refractivity contribution in [3.8, 4) is 5.75 Å². The maximum Gasteiger partial charge on any atom is 0.245 e. The normalized spacial score (nSPS) is 13.2. The molecule has 2 heterocycles. The number of aromatic nitrogens is 2. The first-order valence-corrected chi connectivity index (χ1v) is 10.1. The van der Waals surface area contributed by atoms with Gasteiger partial charge in [-0.25, -0.2) is 0 Å². The molecule has 1 amide bonds. The van der Waals surface area contributed by atoms with Crippen LogP contribution < -0.4 is 9.80 Å². The highest BCUT2D eigenvalue weighted by Crippen LogP contribution is 2.35. The molecule has 3 aromatic rings. The highest BCUT2D eigenvalue weighted by atomic mass is 16.3. The van der Waals surface area contributed by atoms with Crippen LogP contribution in [0.5, 0.6) is 5.75 Å². The summed E-state index contributed by atoms with van der Waals surface area (Å²) in [5, 5.41) is 20.1. The Kier molecular flexibility index (Phi) is 5.35. The predicted octanol–water partition coefficient (Wildman–Crippen LogP) is 2.91. The van der Waals surface area contributed by atoms with Gasteiger partial charge in [-0.2, -0.15) is 5.10 Å². The molecule has 0 unspecified atom stereocenters. The highest BCUT2D eigenvalue weighted by Gasteiger charge is 2.25. The molecule has 0 radical (unpaired) electrons. The van der Waals surface area contributed by atoms with Crippen molar-refractivity contribution >= 4 is 28.2 Å². The van der Waals surface area contributed by atoms with Crippen molar-refractivity contribution in [2.24, 2.45) is 0 Å². The summed E-state index contributed by atoms with van der Waals surface area (Å²) in [6, 6.07) is 11.7. The minimum absolute atomic E-state index is 0.0820. The summed E-state index contributed by atoms with van der Waals surface area (Å²) >= 11 is 0. The molecule has 0 bridgehead atoms. The number of aromatic hydroxyl groups is 1. The Balaban J connectivity index is 1.52. The number of benzene rings is 2. The lowest BCUT2D eigenvalue weighted by Gasteiger charge is -2.31. The van der Waals surface area contributed by atoms with Crippen LogP contribution in [0.25, 0.3) is 10.8 Å². The van der Waals surface area contributed by atoms with E-state index in [1.165, 1.54) is 11.6 Å². The van der Waals surface area contributed by atoms with Crippen LogP contribution >= 0.6 is 0 Å². The standard InChI is InChI=1S/C23H27N5O2/c1-4-22(30)26(2)11-12-27(3)23-19-9-10-28(15-20(19)24-25-23)21-14-17(29)13-16-7-5-6-8-18(16)21/h4-8,13-14,29H,1,9-12,15H2,2-3H3,(H,24,25). The zero-order valence-corrected chi connectivity index (χ0v) is 17.4. The van der Waals surface area contributed by atoms with Crippen LogP contribution in [0.1, 0.15) is 11.3 Å². The molecule has 1 aliphatic rings. The molecule has 0 saturated carbocycles. The van der Waals surface area contributed by atoms with E-state index in [1.807, 2.05) is 31.3 Å². The number of hydrogen-bond donors (Lipinski definition) is 2. The van der Waals surface area contributed by atoms with Crippen molar-refractivity contribution < 1.29 is 9.90 Å². The van der Waals surface area contributed by atoms with Gasteiger partial charge in [0.2, 0.25) is 5.91 Å². The number of H-pyrrole nitrogens is 1. The number of nitrogens with zero attached hydrogens (tertiary/aromatic N) is 4. The van der Waals surface area contributed by atoms with Gasteiger partial charge < -0.3 is 19.8 Å². The summed E-state index contributed by atoms with van der Waals surface area (Å²) in [5.41, 5.74) is 3.34. The third kappa shape index (κ3) is 3.70. The zero-order valence-electron chi connectivity index (χ0n) is 17.4. The third-order valence-corrected chi connectivity index (χ3v) is 5.76. The van der Waals surface area contributed by atoms with Crippen molar-refractivity contribution in [2.45, 2.75) is 13.0 Å². The second-order valence-corrected chi connectivity index (χ2v) is 7.75. The second-order valence-electron chi connectivity index (χ2n) is 7.75. The number of rotatable bonds is 6. The highest BCUT2D eigenvalue weighted by molar-refractivity contribution is 5.95. The Labute approximate surface area is 176 Å². The van der Waals surface area contributed by atoms with Gasteiger partial charge in [0.25, 0.3) is 0 Å². The summed E-state index contributed by atoms with van der Waals surface area (Å²) in [6.07, 6.45) is 2.19. The first-order chi connectivity index (χ1) is 14.5. The van der Waals surface area contributed by atoms with Gasteiger partial charge in [0, 0.05) is 56.4 Å². The third-order valence-electron chi connectivity index (χ3n) is 5.76. The van der Waals surface area contributed by atoms with Crippen LogP contribution in [0.15, 0.2) is 49.1 Å². The van der Waals surface area contributed by atoms with Gasteiger partial charge in [0.05, 0.1) is 12.2 Å². The van der Waals surface area contributed by atoms with E-state index in [-0.39, 0.29) is 11.7 Å². The minimum Gasteiger partial charge on any atom is -0.508 e. The molecule has 0 fully saturated rings. The van der Waals surface area contributed by atoms with Crippen LogP contribution in [0, 0.1) is 0 Å². The monoisotopic (exact) mass is 405 g/mol. The molecule has 4 rings (SSSR count). The Bertz CT molecular complexity index is 1090. The molecule has 0 aliphatic carbocycles. The molecule has 0 atom stereocenters. The molecule has 7 heteroatoms. The number of nitrogens with one attached hydrogen (secondary N) is 1. The van der Waals surface area contributed by atoms with Gasteiger partial charge >= 0.3 is 0 Å². The lowest BCUT2D eigenvalue weighted by molar-refractivity contribution is -0.124. The quantitative estimate of drug-likeness (QED) is 0.617. The molecular formula is C23H27N5O2. The van der Waals surface area contributed by atoms with Gasteiger partial charge in [0.1, 0.15) is 5.75 Å². The topological polar surface area (TPSA) is 75.7 Å². The number of anilines is 2. The molecular weight excluding hydrogens is 378 g/mol. The van der Waals surface area contributed by atoms with Crippen molar-refractivity contribution in [1.29, 1.82) is 0 Å². The summed E-state index contributed by atoms with van der Waals surface area (Å²) < 4.78 is 0. The van der Waals surface area contributed by atoms with Gasteiger partial charge in [-0.1, -0.05) is 30.8 Å². The average Bonchev–Trinajstić information content (AvgIpc) is 3.19. The number of phenols is 1. The lowest BCUT2D eigenvalue weighted by Crippen LogP contribution is -2.35. The molecule has 1 aromatic heterocycles. The van der Waals surface area contributed by atoms with Crippen molar-refractivity contribution in [3.63, 3.8) is 0 Å². The van der Waals surface area contributed by atoms with Crippen LogP contribution in [0.3, 0.4) is 0 Å². The molecule has 2 aromatic carbocycles. The number of amides is 1.